The van der Waals surface area contributed by atoms with Crippen molar-refractivity contribution in [1.82, 2.24) is 4.98 Å². The molecule has 0 unspecified atom stereocenters. The molecule has 4 nitrogen and oxygen atoms in total. The van der Waals surface area contributed by atoms with E-state index in [1.165, 1.54) is 5.56 Å². The van der Waals surface area contributed by atoms with E-state index in [0.717, 1.165) is 33.3 Å². The van der Waals surface area contributed by atoms with Crippen LogP contribution < -0.4 is 10.5 Å². The number of hydrogen-bond donors (Lipinski definition) is 1. The summed E-state index contributed by atoms with van der Waals surface area (Å²) in [5, 5.41) is 0.956. The first-order chi connectivity index (χ1) is 16.0. The Balaban J connectivity index is 1.79. The number of rotatable bonds is 4. The molecule has 4 heteroatoms. The minimum atomic E-state index is -0.179. The van der Waals surface area contributed by atoms with Gasteiger partial charge in [-0.1, -0.05) is 62.2 Å². The zero-order chi connectivity index (χ0) is 24.6. The third-order valence-electron chi connectivity index (χ3n) is 6.29. The van der Waals surface area contributed by atoms with E-state index in [2.05, 4.69) is 31.8 Å². The fourth-order valence-corrected chi connectivity index (χ4v) is 4.30. The van der Waals surface area contributed by atoms with Crippen molar-refractivity contribution in [2.45, 2.75) is 53.5 Å². The Hall–Kier alpha value is -3.66. The van der Waals surface area contributed by atoms with Gasteiger partial charge in [-0.25, -0.2) is 0 Å². The van der Waals surface area contributed by atoms with Gasteiger partial charge in [-0.05, 0) is 79.1 Å². The Labute approximate surface area is 201 Å². The molecule has 3 aromatic carbocycles. The first-order valence-corrected chi connectivity index (χ1v) is 11.7. The molecule has 0 radical (unpaired) electrons. The predicted molar refractivity (Wildman–Crippen MR) is 141 cm³/mol. The number of nitrogens with one attached hydrogen (secondary N) is 1. The van der Waals surface area contributed by atoms with Gasteiger partial charge in [0.15, 0.2) is 0 Å². The van der Waals surface area contributed by atoms with Gasteiger partial charge >= 0.3 is 0 Å². The standard InChI is InChI=1S/C30H32N2O2/c1-19-8-14-27(21(3)15-19)32(29(34)22-9-11-25(12-10-22)30(4,5)6)18-24-17-23-16-20(2)7-13-26(23)31-28(24)33/h7-17H,18H2,1-6H3,(H,31,33). The summed E-state index contributed by atoms with van der Waals surface area (Å²) in [5.41, 5.74) is 6.98. The van der Waals surface area contributed by atoms with Crippen LogP contribution in [0.5, 0.6) is 0 Å². The van der Waals surface area contributed by atoms with E-state index in [4.69, 9.17) is 0 Å². The Kier molecular flexibility index (Phi) is 6.18. The zero-order valence-corrected chi connectivity index (χ0v) is 20.8. The first kappa shape index (κ1) is 23.5. The third kappa shape index (κ3) is 4.81. The number of anilines is 1. The molecule has 0 spiro atoms. The summed E-state index contributed by atoms with van der Waals surface area (Å²) in [6.07, 6.45) is 0. The highest BCUT2D eigenvalue weighted by molar-refractivity contribution is 6.06. The maximum absolute atomic E-state index is 13.8. The van der Waals surface area contributed by atoms with Crippen LogP contribution in [0.1, 0.15) is 58.9 Å². The van der Waals surface area contributed by atoms with E-state index in [0.29, 0.717) is 11.1 Å². The van der Waals surface area contributed by atoms with E-state index in [1.54, 1.807) is 4.90 Å². The van der Waals surface area contributed by atoms with Crippen LogP contribution in [0, 0.1) is 20.8 Å². The van der Waals surface area contributed by atoms with Crippen LogP contribution in [0.4, 0.5) is 5.69 Å². The van der Waals surface area contributed by atoms with Crippen molar-refractivity contribution in [3.8, 4) is 0 Å². The number of hydrogen-bond acceptors (Lipinski definition) is 2. The fourth-order valence-electron chi connectivity index (χ4n) is 4.30. The van der Waals surface area contributed by atoms with Gasteiger partial charge in [0, 0.05) is 22.3 Å². The maximum Gasteiger partial charge on any atom is 0.258 e. The largest absolute Gasteiger partial charge is 0.322 e. The van der Waals surface area contributed by atoms with Gasteiger partial charge in [0.05, 0.1) is 6.54 Å². The van der Waals surface area contributed by atoms with Crippen molar-refractivity contribution in [3.05, 3.63) is 110 Å². The number of pyridine rings is 1. The summed E-state index contributed by atoms with van der Waals surface area (Å²) in [6.45, 7) is 12.7. The number of aromatic nitrogens is 1. The Morgan fingerprint density at radius 3 is 2.15 bits per heavy atom. The number of carbonyl (C=O) groups is 1. The minimum absolute atomic E-state index is 0.00529. The average Bonchev–Trinajstić information content (AvgIpc) is 2.77. The second kappa shape index (κ2) is 8.94. The smallest absolute Gasteiger partial charge is 0.258 e. The van der Waals surface area contributed by atoms with Crippen LogP contribution in [0.25, 0.3) is 10.9 Å². The lowest BCUT2D eigenvalue weighted by Gasteiger charge is -2.26. The second-order valence-electron chi connectivity index (χ2n) is 10.2. The highest BCUT2D eigenvalue weighted by Gasteiger charge is 2.22. The van der Waals surface area contributed by atoms with E-state index in [1.807, 2.05) is 81.4 Å². The molecule has 0 aliphatic heterocycles. The van der Waals surface area contributed by atoms with Crippen molar-refractivity contribution in [2.24, 2.45) is 0 Å². The molecule has 0 fully saturated rings. The zero-order valence-electron chi connectivity index (χ0n) is 20.8. The number of H-pyrrole nitrogens is 1. The summed E-state index contributed by atoms with van der Waals surface area (Å²) in [4.78, 5) is 31.4. The fraction of sp³-hybridized carbons (Fsp3) is 0.267. The third-order valence-corrected chi connectivity index (χ3v) is 6.29. The van der Waals surface area contributed by atoms with Crippen LogP contribution in [0.2, 0.25) is 0 Å². The summed E-state index contributed by atoms with van der Waals surface area (Å²) in [5.74, 6) is -0.129. The van der Waals surface area contributed by atoms with Crippen molar-refractivity contribution in [1.29, 1.82) is 0 Å². The van der Waals surface area contributed by atoms with Gasteiger partial charge in [0.25, 0.3) is 11.5 Å². The van der Waals surface area contributed by atoms with Crippen LogP contribution in [-0.2, 0) is 12.0 Å². The first-order valence-electron chi connectivity index (χ1n) is 11.7. The summed E-state index contributed by atoms with van der Waals surface area (Å²) in [6, 6.07) is 21.7. The molecule has 1 heterocycles. The molecule has 0 aliphatic rings. The van der Waals surface area contributed by atoms with Crippen molar-refractivity contribution >= 4 is 22.5 Å². The Morgan fingerprint density at radius 2 is 1.50 bits per heavy atom. The highest BCUT2D eigenvalue weighted by atomic mass is 16.2. The van der Waals surface area contributed by atoms with E-state index in [9.17, 15) is 9.59 Å². The maximum atomic E-state index is 13.8. The van der Waals surface area contributed by atoms with Gasteiger partial charge in [-0.15, -0.1) is 0 Å². The lowest BCUT2D eigenvalue weighted by atomic mass is 9.86. The monoisotopic (exact) mass is 452 g/mol. The Morgan fingerprint density at radius 1 is 0.853 bits per heavy atom. The molecule has 174 valence electrons. The van der Waals surface area contributed by atoms with Gasteiger partial charge in [-0.3, -0.25) is 9.59 Å². The van der Waals surface area contributed by atoms with Crippen LogP contribution in [0.15, 0.2) is 71.5 Å². The molecule has 0 bridgehead atoms. The molecule has 0 atom stereocenters. The molecule has 4 aromatic rings. The van der Waals surface area contributed by atoms with E-state index < -0.39 is 0 Å². The lowest BCUT2D eigenvalue weighted by Crippen LogP contribution is -2.33. The molecular weight excluding hydrogens is 420 g/mol. The van der Waals surface area contributed by atoms with Crippen molar-refractivity contribution in [3.63, 3.8) is 0 Å². The van der Waals surface area contributed by atoms with Crippen molar-refractivity contribution in [2.75, 3.05) is 4.90 Å². The van der Waals surface area contributed by atoms with Crippen LogP contribution >= 0.6 is 0 Å². The molecule has 0 saturated carbocycles. The van der Waals surface area contributed by atoms with E-state index in [-0.39, 0.29) is 23.4 Å². The van der Waals surface area contributed by atoms with Gasteiger partial charge in [0.1, 0.15) is 0 Å². The average molecular weight is 453 g/mol. The molecule has 4 rings (SSSR count). The molecule has 0 aliphatic carbocycles. The minimum Gasteiger partial charge on any atom is -0.322 e. The number of benzene rings is 3. The molecule has 1 N–H and O–H groups in total. The number of carbonyl (C=O) groups excluding carboxylic acids is 1. The SMILES string of the molecule is Cc1ccc(N(Cc2cc3cc(C)ccc3[nH]c2=O)C(=O)c2ccc(C(C)(C)C)cc2)c(C)c1. The second-order valence-corrected chi connectivity index (χ2v) is 10.2. The van der Waals surface area contributed by atoms with E-state index >= 15 is 0 Å². The number of nitrogens with zero attached hydrogens (tertiary/aromatic N) is 1. The number of fused-ring (bicyclic) bond motifs is 1. The van der Waals surface area contributed by atoms with Crippen LogP contribution in [0.3, 0.4) is 0 Å². The lowest BCUT2D eigenvalue weighted by molar-refractivity contribution is 0.0985. The predicted octanol–water partition coefficient (Wildman–Crippen LogP) is 6.60. The van der Waals surface area contributed by atoms with Crippen molar-refractivity contribution < 1.29 is 4.79 Å². The van der Waals surface area contributed by atoms with Gasteiger partial charge in [-0.2, -0.15) is 0 Å². The molecule has 34 heavy (non-hydrogen) atoms. The summed E-state index contributed by atoms with van der Waals surface area (Å²) >= 11 is 0. The summed E-state index contributed by atoms with van der Waals surface area (Å²) in [7, 11) is 0. The highest BCUT2D eigenvalue weighted by Crippen LogP contribution is 2.27. The van der Waals surface area contributed by atoms with Crippen LogP contribution in [-0.4, -0.2) is 10.9 Å². The number of aromatic amines is 1. The molecular formula is C30H32N2O2. The Bertz CT molecular complexity index is 1420. The topological polar surface area (TPSA) is 53.2 Å². The van der Waals surface area contributed by atoms with Gasteiger partial charge < -0.3 is 9.88 Å². The number of amides is 1. The summed E-state index contributed by atoms with van der Waals surface area (Å²) < 4.78 is 0. The van der Waals surface area contributed by atoms with Gasteiger partial charge in [0.2, 0.25) is 0 Å². The molecule has 1 amide bonds. The normalized spacial score (nSPS) is 11.6. The quantitative estimate of drug-likeness (QED) is 0.379. The molecule has 0 saturated heterocycles. The molecule has 1 aromatic heterocycles. The number of aryl methyl sites for hydroxylation is 3.